The van der Waals surface area contributed by atoms with Crippen molar-refractivity contribution >= 4 is 11.8 Å². The highest BCUT2D eigenvalue weighted by Gasteiger charge is 2.37. The van der Waals surface area contributed by atoms with Gasteiger partial charge in [-0.05, 0) is 25.3 Å². The third-order valence-electron chi connectivity index (χ3n) is 3.70. The lowest BCUT2D eigenvalue weighted by Crippen LogP contribution is -2.62. The first kappa shape index (κ1) is 14.7. The Labute approximate surface area is 120 Å². The largest absolute Gasteiger partial charge is 0.295 e. The Balaban J connectivity index is 2.03. The van der Waals surface area contributed by atoms with E-state index >= 15 is 0 Å². The van der Waals surface area contributed by atoms with Gasteiger partial charge in [0.15, 0.2) is 0 Å². The van der Waals surface area contributed by atoms with Crippen LogP contribution in [0.15, 0.2) is 30.3 Å². The number of hydrogen-bond acceptors (Lipinski definition) is 3. The molecule has 1 aromatic carbocycles. The topological polar surface area (TPSA) is 49.4 Å². The maximum Gasteiger partial charge on any atom is 0.246 e. The molecular formula is C16H22N2O2. The van der Waals surface area contributed by atoms with Crippen LogP contribution in [0.3, 0.4) is 0 Å². The zero-order chi connectivity index (χ0) is 14.5. The van der Waals surface area contributed by atoms with E-state index < -0.39 is 0 Å². The zero-order valence-corrected chi connectivity index (χ0v) is 12.1. The van der Waals surface area contributed by atoms with E-state index in [4.69, 9.17) is 0 Å². The van der Waals surface area contributed by atoms with Crippen molar-refractivity contribution in [2.45, 2.75) is 45.2 Å². The van der Waals surface area contributed by atoms with Crippen LogP contribution in [0.2, 0.25) is 0 Å². The van der Waals surface area contributed by atoms with Gasteiger partial charge in [0.1, 0.15) is 0 Å². The molecule has 1 aliphatic rings. The highest BCUT2D eigenvalue weighted by molar-refractivity contribution is 6.02. The predicted molar refractivity (Wildman–Crippen MR) is 78.2 cm³/mol. The molecule has 0 saturated carbocycles. The molecule has 1 aromatic rings. The lowest BCUT2D eigenvalue weighted by atomic mass is 10.0. The molecule has 0 spiro atoms. The summed E-state index contributed by atoms with van der Waals surface area (Å²) >= 11 is 0. The van der Waals surface area contributed by atoms with Crippen molar-refractivity contribution in [1.82, 2.24) is 10.2 Å². The van der Waals surface area contributed by atoms with Crippen molar-refractivity contribution in [3.05, 3.63) is 35.9 Å². The summed E-state index contributed by atoms with van der Waals surface area (Å²) in [6.45, 7) is 4.34. The second-order valence-electron chi connectivity index (χ2n) is 5.29. The summed E-state index contributed by atoms with van der Waals surface area (Å²) in [5.74, 6) is -0.191. The number of hydrogen-bond donors (Lipinski definition) is 1. The minimum atomic E-state index is -0.278. The van der Waals surface area contributed by atoms with Gasteiger partial charge in [0, 0.05) is 6.54 Å². The smallest absolute Gasteiger partial charge is 0.246 e. The maximum atomic E-state index is 12.3. The van der Waals surface area contributed by atoms with Crippen molar-refractivity contribution in [3.8, 4) is 0 Å². The van der Waals surface area contributed by atoms with Crippen LogP contribution in [0, 0.1) is 0 Å². The van der Waals surface area contributed by atoms with Crippen molar-refractivity contribution in [3.63, 3.8) is 0 Å². The fourth-order valence-corrected chi connectivity index (χ4v) is 2.58. The van der Waals surface area contributed by atoms with E-state index in [1.54, 1.807) is 0 Å². The van der Waals surface area contributed by atoms with Gasteiger partial charge >= 0.3 is 0 Å². The number of benzene rings is 1. The lowest BCUT2D eigenvalue weighted by Gasteiger charge is -2.35. The van der Waals surface area contributed by atoms with Gasteiger partial charge in [0.05, 0.1) is 12.1 Å². The molecule has 108 valence electrons. The molecule has 0 radical (unpaired) electrons. The summed E-state index contributed by atoms with van der Waals surface area (Å²) in [7, 11) is 0. The first-order valence-corrected chi connectivity index (χ1v) is 7.28. The highest BCUT2D eigenvalue weighted by atomic mass is 16.2. The number of amides is 2. The van der Waals surface area contributed by atoms with Crippen LogP contribution in [0.5, 0.6) is 0 Å². The molecular weight excluding hydrogens is 252 g/mol. The van der Waals surface area contributed by atoms with E-state index in [9.17, 15) is 9.59 Å². The predicted octanol–water partition coefficient (Wildman–Crippen LogP) is 1.74. The number of carbonyl (C=O) groups excluding carboxylic acids is 2. The SMILES string of the molecule is CCCC1NC(C)C(=O)N(CCc2ccccc2)C1=O. The molecule has 0 bridgehead atoms. The average molecular weight is 274 g/mol. The lowest BCUT2D eigenvalue weighted by molar-refractivity contribution is -0.151. The minimum Gasteiger partial charge on any atom is -0.295 e. The Morgan fingerprint density at radius 2 is 1.85 bits per heavy atom. The quantitative estimate of drug-likeness (QED) is 0.832. The fourth-order valence-electron chi connectivity index (χ4n) is 2.58. The van der Waals surface area contributed by atoms with Gasteiger partial charge in [0.2, 0.25) is 11.8 Å². The molecule has 2 rings (SSSR count). The van der Waals surface area contributed by atoms with Crippen LogP contribution >= 0.6 is 0 Å². The third-order valence-corrected chi connectivity index (χ3v) is 3.70. The first-order valence-electron chi connectivity index (χ1n) is 7.28. The molecule has 1 aliphatic heterocycles. The Morgan fingerprint density at radius 3 is 2.50 bits per heavy atom. The summed E-state index contributed by atoms with van der Waals surface area (Å²) in [5, 5.41) is 3.10. The molecule has 4 heteroatoms. The van der Waals surface area contributed by atoms with Gasteiger partial charge in [-0.25, -0.2) is 0 Å². The molecule has 1 N–H and O–H groups in total. The Kier molecular flexibility index (Phi) is 4.90. The van der Waals surface area contributed by atoms with Crippen molar-refractivity contribution < 1.29 is 9.59 Å². The molecule has 1 fully saturated rings. The summed E-state index contributed by atoms with van der Waals surface area (Å²) in [4.78, 5) is 25.9. The van der Waals surface area contributed by atoms with Crippen LogP contribution in [-0.2, 0) is 16.0 Å². The van der Waals surface area contributed by atoms with Gasteiger partial charge < -0.3 is 0 Å². The van der Waals surface area contributed by atoms with Crippen LogP contribution in [0.25, 0.3) is 0 Å². The number of carbonyl (C=O) groups is 2. The molecule has 4 nitrogen and oxygen atoms in total. The van der Waals surface area contributed by atoms with Gasteiger partial charge in [-0.2, -0.15) is 0 Å². The molecule has 1 heterocycles. The minimum absolute atomic E-state index is 0.0779. The fraction of sp³-hybridized carbons (Fsp3) is 0.500. The Bertz CT molecular complexity index is 473. The van der Waals surface area contributed by atoms with Gasteiger partial charge in [-0.15, -0.1) is 0 Å². The highest BCUT2D eigenvalue weighted by Crippen LogP contribution is 2.13. The molecule has 0 aromatic heterocycles. The number of rotatable bonds is 5. The number of imide groups is 1. The van der Waals surface area contributed by atoms with E-state index in [2.05, 4.69) is 5.32 Å². The van der Waals surface area contributed by atoms with Gasteiger partial charge in [-0.3, -0.25) is 19.8 Å². The van der Waals surface area contributed by atoms with Crippen molar-refractivity contribution in [1.29, 1.82) is 0 Å². The molecule has 2 amide bonds. The Hall–Kier alpha value is -1.68. The van der Waals surface area contributed by atoms with Crippen LogP contribution in [0.4, 0.5) is 0 Å². The first-order chi connectivity index (χ1) is 9.63. The second-order valence-corrected chi connectivity index (χ2v) is 5.29. The summed E-state index contributed by atoms with van der Waals surface area (Å²) in [6.07, 6.45) is 2.42. The van der Waals surface area contributed by atoms with Crippen molar-refractivity contribution in [2.24, 2.45) is 0 Å². The molecule has 0 aliphatic carbocycles. The molecule has 2 unspecified atom stereocenters. The van der Waals surface area contributed by atoms with E-state index in [-0.39, 0.29) is 23.9 Å². The van der Waals surface area contributed by atoms with Gasteiger partial charge in [-0.1, -0.05) is 43.7 Å². The number of nitrogens with zero attached hydrogens (tertiary/aromatic N) is 1. The van der Waals surface area contributed by atoms with Crippen LogP contribution in [0.1, 0.15) is 32.3 Å². The monoisotopic (exact) mass is 274 g/mol. The zero-order valence-electron chi connectivity index (χ0n) is 12.1. The normalized spacial score (nSPS) is 23.2. The summed E-state index contributed by atoms with van der Waals surface area (Å²) in [6, 6.07) is 9.44. The van der Waals surface area contributed by atoms with E-state index in [1.807, 2.05) is 44.2 Å². The number of nitrogens with one attached hydrogen (secondary N) is 1. The van der Waals surface area contributed by atoms with Gasteiger partial charge in [0.25, 0.3) is 0 Å². The van der Waals surface area contributed by atoms with E-state index in [0.29, 0.717) is 13.0 Å². The molecule has 1 saturated heterocycles. The van der Waals surface area contributed by atoms with Crippen LogP contribution < -0.4 is 5.32 Å². The standard InChI is InChI=1S/C16H22N2O2/c1-3-7-14-16(20)18(15(19)12(2)17-14)11-10-13-8-5-4-6-9-13/h4-6,8-9,12,14,17H,3,7,10-11H2,1-2H3. The number of piperazine rings is 1. The van der Waals surface area contributed by atoms with E-state index in [0.717, 1.165) is 18.4 Å². The average Bonchev–Trinajstić information content (AvgIpc) is 2.46. The van der Waals surface area contributed by atoms with Crippen LogP contribution in [-0.4, -0.2) is 35.3 Å². The molecule has 20 heavy (non-hydrogen) atoms. The van der Waals surface area contributed by atoms with E-state index in [1.165, 1.54) is 4.90 Å². The second kappa shape index (κ2) is 6.66. The summed E-state index contributed by atoms with van der Waals surface area (Å²) < 4.78 is 0. The summed E-state index contributed by atoms with van der Waals surface area (Å²) in [5.41, 5.74) is 1.14. The third kappa shape index (κ3) is 3.25. The molecule has 2 atom stereocenters. The van der Waals surface area contributed by atoms with Crippen molar-refractivity contribution in [2.75, 3.05) is 6.54 Å². The Morgan fingerprint density at radius 1 is 1.15 bits per heavy atom. The maximum absolute atomic E-state index is 12.3.